The van der Waals surface area contributed by atoms with Gasteiger partial charge < -0.3 is 15.3 Å². The SMILES string of the molecule is C=C[C@@]12CCc3cc(O)ccc3[C@H]1[C@@H](CCCCCCC(C)(C)O)C[C@@]1(C)[C@H]2CC[C@@H]1O. The fourth-order valence-electron chi connectivity index (χ4n) is 8.01. The molecule has 0 heterocycles. The lowest BCUT2D eigenvalue weighted by molar-refractivity contribution is -0.0812. The third kappa shape index (κ3) is 4.16. The molecule has 0 bridgehead atoms. The van der Waals surface area contributed by atoms with E-state index in [9.17, 15) is 15.3 Å². The van der Waals surface area contributed by atoms with E-state index in [-0.39, 0.29) is 16.9 Å². The molecule has 0 aliphatic heterocycles. The number of allylic oxidation sites excluding steroid dienone is 1. The Labute approximate surface area is 195 Å². The first kappa shape index (κ1) is 23.8. The van der Waals surface area contributed by atoms with Gasteiger partial charge in [0.1, 0.15) is 5.75 Å². The summed E-state index contributed by atoms with van der Waals surface area (Å²) in [5.74, 6) is 1.82. The van der Waals surface area contributed by atoms with Crippen molar-refractivity contribution in [2.75, 3.05) is 0 Å². The average Bonchev–Trinajstić information content (AvgIpc) is 3.04. The second-order valence-electron chi connectivity index (χ2n) is 12.1. The van der Waals surface area contributed by atoms with Crippen molar-refractivity contribution < 1.29 is 15.3 Å². The molecule has 3 aliphatic rings. The van der Waals surface area contributed by atoms with Gasteiger partial charge in [0.25, 0.3) is 0 Å². The monoisotopic (exact) mass is 440 g/mol. The number of unbranched alkanes of at least 4 members (excludes halogenated alkanes) is 3. The van der Waals surface area contributed by atoms with Gasteiger partial charge in [-0.15, -0.1) is 6.58 Å². The minimum Gasteiger partial charge on any atom is -0.508 e. The predicted molar refractivity (Wildman–Crippen MR) is 131 cm³/mol. The maximum Gasteiger partial charge on any atom is 0.115 e. The van der Waals surface area contributed by atoms with E-state index in [2.05, 4.69) is 25.6 Å². The van der Waals surface area contributed by atoms with Crippen LogP contribution in [0.15, 0.2) is 30.9 Å². The lowest BCUT2D eigenvalue weighted by Gasteiger charge is -2.60. The first-order valence-corrected chi connectivity index (χ1v) is 13.0. The van der Waals surface area contributed by atoms with Crippen LogP contribution in [0, 0.1) is 22.7 Å². The van der Waals surface area contributed by atoms with Gasteiger partial charge in [-0.3, -0.25) is 0 Å². The molecular weight excluding hydrogens is 396 g/mol. The Morgan fingerprint density at radius 1 is 1.16 bits per heavy atom. The van der Waals surface area contributed by atoms with E-state index in [1.807, 2.05) is 26.0 Å². The van der Waals surface area contributed by atoms with Gasteiger partial charge in [-0.25, -0.2) is 0 Å². The zero-order valence-corrected chi connectivity index (χ0v) is 20.4. The van der Waals surface area contributed by atoms with Crippen molar-refractivity contribution in [3.63, 3.8) is 0 Å². The Kier molecular flexibility index (Phi) is 6.55. The molecule has 0 saturated heterocycles. The molecule has 32 heavy (non-hydrogen) atoms. The molecule has 2 fully saturated rings. The topological polar surface area (TPSA) is 60.7 Å². The summed E-state index contributed by atoms with van der Waals surface area (Å²) in [6, 6.07) is 6.02. The number of benzene rings is 1. The highest BCUT2D eigenvalue weighted by Gasteiger charge is 2.63. The number of phenolic OH excluding ortho intramolecular Hbond substituents is 1. The highest BCUT2D eigenvalue weighted by Crippen LogP contribution is 2.69. The van der Waals surface area contributed by atoms with Crippen LogP contribution in [0.4, 0.5) is 0 Å². The van der Waals surface area contributed by atoms with E-state index in [1.54, 1.807) is 0 Å². The van der Waals surface area contributed by atoms with Crippen molar-refractivity contribution in [3.05, 3.63) is 42.0 Å². The van der Waals surface area contributed by atoms with E-state index in [1.165, 1.54) is 36.8 Å². The maximum atomic E-state index is 11.1. The Balaban J connectivity index is 1.58. The molecule has 3 aliphatic carbocycles. The molecule has 0 amide bonds. The van der Waals surface area contributed by atoms with Crippen molar-refractivity contribution in [1.82, 2.24) is 0 Å². The standard InChI is InChI=1S/C29H44O3/c1-5-29-17-15-20-18-22(30)11-12-23(20)26(29)21(10-8-6-7-9-16-27(2,3)32)19-28(4)24(29)13-14-25(28)31/h5,11-12,18,21,24-26,30-32H,1,6-10,13-17,19H2,2-4H3/t21-,24+,25-,26+,28-,29-/m0/s1. The Bertz CT molecular complexity index is 824. The number of hydrogen-bond acceptors (Lipinski definition) is 3. The molecule has 2 saturated carbocycles. The van der Waals surface area contributed by atoms with Crippen molar-refractivity contribution in [2.24, 2.45) is 22.7 Å². The van der Waals surface area contributed by atoms with E-state index in [0.29, 0.717) is 23.5 Å². The third-order valence-electron chi connectivity index (χ3n) is 9.47. The number of hydrogen-bond donors (Lipinski definition) is 3. The van der Waals surface area contributed by atoms with Gasteiger partial charge in [0.05, 0.1) is 11.7 Å². The molecule has 3 N–H and O–H groups in total. The smallest absolute Gasteiger partial charge is 0.115 e. The molecule has 3 heteroatoms. The van der Waals surface area contributed by atoms with E-state index in [0.717, 1.165) is 44.9 Å². The van der Waals surface area contributed by atoms with Gasteiger partial charge in [-0.1, -0.05) is 44.7 Å². The normalized spacial score (nSPS) is 36.3. The van der Waals surface area contributed by atoms with Crippen LogP contribution in [0.2, 0.25) is 0 Å². The van der Waals surface area contributed by atoms with Crippen molar-refractivity contribution in [2.45, 2.75) is 109 Å². The number of aliphatic hydroxyl groups is 2. The minimum absolute atomic E-state index is 0.0231. The molecule has 1 aromatic rings. The summed E-state index contributed by atoms with van der Waals surface area (Å²) in [6.45, 7) is 10.5. The van der Waals surface area contributed by atoms with Crippen LogP contribution in [-0.4, -0.2) is 27.0 Å². The Morgan fingerprint density at radius 2 is 1.91 bits per heavy atom. The van der Waals surface area contributed by atoms with Gasteiger partial charge in [0.2, 0.25) is 0 Å². The molecule has 6 atom stereocenters. The van der Waals surface area contributed by atoms with Crippen molar-refractivity contribution in [3.8, 4) is 5.75 Å². The largest absolute Gasteiger partial charge is 0.508 e. The quantitative estimate of drug-likeness (QED) is 0.319. The van der Waals surface area contributed by atoms with Crippen LogP contribution in [-0.2, 0) is 6.42 Å². The maximum absolute atomic E-state index is 11.1. The number of aromatic hydroxyl groups is 1. The summed E-state index contributed by atoms with van der Waals surface area (Å²) < 4.78 is 0. The summed E-state index contributed by atoms with van der Waals surface area (Å²) in [5, 5.41) is 31.1. The lowest BCUT2D eigenvalue weighted by Crippen LogP contribution is -2.54. The first-order valence-electron chi connectivity index (χ1n) is 13.0. The number of aliphatic hydroxyl groups excluding tert-OH is 1. The lowest BCUT2D eigenvalue weighted by atomic mass is 9.44. The number of aryl methyl sites for hydroxylation is 1. The average molecular weight is 441 g/mol. The van der Waals surface area contributed by atoms with Gasteiger partial charge in [0, 0.05) is 0 Å². The number of phenols is 1. The summed E-state index contributed by atoms with van der Waals surface area (Å²) in [6.07, 6.45) is 13.9. The predicted octanol–water partition coefficient (Wildman–Crippen LogP) is 6.50. The van der Waals surface area contributed by atoms with Crippen LogP contribution in [0.25, 0.3) is 0 Å². The molecule has 0 radical (unpaired) electrons. The molecular formula is C29H44O3. The van der Waals surface area contributed by atoms with Crippen LogP contribution in [0.3, 0.4) is 0 Å². The van der Waals surface area contributed by atoms with Gasteiger partial charge in [0.15, 0.2) is 0 Å². The molecule has 4 rings (SSSR count). The van der Waals surface area contributed by atoms with E-state index >= 15 is 0 Å². The zero-order chi connectivity index (χ0) is 23.1. The zero-order valence-electron chi connectivity index (χ0n) is 20.4. The summed E-state index contributed by atoms with van der Waals surface area (Å²) >= 11 is 0. The molecule has 0 unspecified atom stereocenters. The summed E-state index contributed by atoms with van der Waals surface area (Å²) in [5.41, 5.74) is 2.19. The molecule has 178 valence electrons. The van der Waals surface area contributed by atoms with Crippen LogP contribution in [0.1, 0.15) is 102 Å². The number of fused-ring (bicyclic) bond motifs is 5. The molecule has 0 spiro atoms. The van der Waals surface area contributed by atoms with Crippen molar-refractivity contribution in [1.29, 1.82) is 0 Å². The second kappa shape index (κ2) is 8.80. The highest BCUT2D eigenvalue weighted by molar-refractivity contribution is 5.43. The van der Waals surface area contributed by atoms with E-state index in [4.69, 9.17) is 0 Å². The summed E-state index contributed by atoms with van der Waals surface area (Å²) in [7, 11) is 0. The summed E-state index contributed by atoms with van der Waals surface area (Å²) in [4.78, 5) is 0. The minimum atomic E-state index is -0.563. The molecule has 1 aromatic carbocycles. The second-order valence-corrected chi connectivity index (χ2v) is 12.1. The fraction of sp³-hybridized carbons (Fsp3) is 0.724. The van der Waals surface area contributed by atoms with Gasteiger partial charge in [-0.2, -0.15) is 0 Å². The molecule has 3 nitrogen and oxygen atoms in total. The van der Waals surface area contributed by atoms with Gasteiger partial charge in [-0.05, 0) is 111 Å². The van der Waals surface area contributed by atoms with Crippen LogP contribution >= 0.6 is 0 Å². The highest BCUT2D eigenvalue weighted by atomic mass is 16.3. The fourth-order valence-corrected chi connectivity index (χ4v) is 8.01. The third-order valence-corrected chi connectivity index (χ3v) is 9.47. The Hall–Kier alpha value is -1.32. The first-order chi connectivity index (χ1) is 15.1. The molecule has 0 aromatic heterocycles. The van der Waals surface area contributed by atoms with Gasteiger partial charge >= 0.3 is 0 Å². The Morgan fingerprint density at radius 3 is 2.62 bits per heavy atom. The van der Waals surface area contributed by atoms with Crippen LogP contribution < -0.4 is 0 Å². The number of rotatable bonds is 8. The van der Waals surface area contributed by atoms with E-state index < -0.39 is 5.60 Å². The van der Waals surface area contributed by atoms with Crippen molar-refractivity contribution >= 4 is 0 Å². The van der Waals surface area contributed by atoms with Crippen LogP contribution in [0.5, 0.6) is 5.75 Å².